The van der Waals surface area contributed by atoms with E-state index in [9.17, 15) is 0 Å². The number of ether oxygens (including phenoxy) is 1. The number of aromatic nitrogens is 2. The zero-order valence-electron chi connectivity index (χ0n) is 9.97. The molecule has 0 saturated heterocycles. The van der Waals surface area contributed by atoms with Crippen LogP contribution in [0, 0.1) is 0 Å². The monoisotopic (exact) mass is 267 g/mol. The van der Waals surface area contributed by atoms with Crippen LogP contribution in [0.25, 0.3) is 0 Å². The Kier molecular flexibility index (Phi) is 4.30. The Bertz CT molecular complexity index is 516. The smallest absolute Gasteiger partial charge is 0.248 e. The lowest BCUT2D eigenvalue weighted by molar-refractivity contribution is 0.126. The Morgan fingerprint density at radius 2 is 2.22 bits per heavy atom. The number of halogens is 1. The predicted octanol–water partition coefficient (Wildman–Crippen LogP) is 2.31. The van der Waals surface area contributed by atoms with Crippen molar-refractivity contribution in [3.05, 3.63) is 46.6 Å². The van der Waals surface area contributed by atoms with Gasteiger partial charge in [-0.25, -0.2) is 0 Å². The summed E-state index contributed by atoms with van der Waals surface area (Å²) in [5, 5.41) is 4.37. The van der Waals surface area contributed by atoms with Crippen molar-refractivity contribution >= 4 is 11.6 Å². The van der Waals surface area contributed by atoms with Gasteiger partial charge in [0.1, 0.15) is 12.6 Å². The van der Waals surface area contributed by atoms with E-state index >= 15 is 0 Å². The number of nitrogens with zero attached hydrogens (tertiary/aromatic N) is 2. The van der Waals surface area contributed by atoms with E-state index in [0.29, 0.717) is 30.0 Å². The first-order chi connectivity index (χ1) is 8.72. The summed E-state index contributed by atoms with van der Waals surface area (Å²) >= 11 is 6.06. The molecule has 6 heteroatoms. The maximum absolute atomic E-state index is 6.06. The van der Waals surface area contributed by atoms with Crippen molar-refractivity contribution in [2.75, 3.05) is 6.61 Å². The van der Waals surface area contributed by atoms with Gasteiger partial charge >= 0.3 is 0 Å². The van der Waals surface area contributed by atoms with Gasteiger partial charge in [-0.05, 0) is 18.6 Å². The highest BCUT2D eigenvalue weighted by Gasteiger charge is 2.18. The standard InChI is InChI=1S/C12H14ClN3O2/c1-2-17-7-10-15-12(18-16-10)11(14)8-5-3-4-6-9(8)13/h3-6,11H,2,7,14H2,1H3/t11-/m1/s1. The van der Waals surface area contributed by atoms with Crippen LogP contribution in [0.1, 0.15) is 30.2 Å². The van der Waals surface area contributed by atoms with E-state index in [1.54, 1.807) is 6.07 Å². The lowest BCUT2D eigenvalue weighted by Gasteiger charge is -2.08. The first-order valence-electron chi connectivity index (χ1n) is 5.62. The predicted molar refractivity (Wildman–Crippen MR) is 67.1 cm³/mol. The van der Waals surface area contributed by atoms with Gasteiger partial charge in [0.25, 0.3) is 0 Å². The topological polar surface area (TPSA) is 74.2 Å². The molecule has 0 fully saturated rings. The Balaban J connectivity index is 2.16. The van der Waals surface area contributed by atoms with Crippen LogP contribution < -0.4 is 5.73 Å². The van der Waals surface area contributed by atoms with Crippen molar-refractivity contribution in [1.29, 1.82) is 0 Å². The Morgan fingerprint density at radius 1 is 1.44 bits per heavy atom. The fourth-order valence-corrected chi connectivity index (χ4v) is 1.76. The molecule has 2 rings (SSSR count). The molecule has 0 aliphatic rings. The van der Waals surface area contributed by atoms with Gasteiger partial charge in [0.2, 0.25) is 5.89 Å². The highest BCUT2D eigenvalue weighted by molar-refractivity contribution is 6.31. The minimum atomic E-state index is -0.526. The molecule has 0 aliphatic heterocycles. The maximum atomic E-state index is 6.06. The third-order valence-corrected chi connectivity index (χ3v) is 2.77. The second kappa shape index (κ2) is 5.95. The molecule has 5 nitrogen and oxygen atoms in total. The molecular formula is C12H14ClN3O2. The van der Waals surface area contributed by atoms with Crippen molar-refractivity contribution < 1.29 is 9.26 Å². The number of benzene rings is 1. The van der Waals surface area contributed by atoms with Gasteiger partial charge in [0, 0.05) is 11.6 Å². The van der Waals surface area contributed by atoms with Crippen LogP contribution in [-0.2, 0) is 11.3 Å². The van der Waals surface area contributed by atoms with Gasteiger partial charge in [0.05, 0.1) is 0 Å². The van der Waals surface area contributed by atoms with E-state index in [4.69, 9.17) is 26.6 Å². The van der Waals surface area contributed by atoms with Crippen LogP contribution in [0.3, 0.4) is 0 Å². The second-order valence-electron chi connectivity index (χ2n) is 3.69. The number of hydrogen-bond acceptors (Lipinski definition) is 5. The Morgan fingerprint density at radius 3 is 2.94 bits per heavy atom. The average molecular weight is 268 g/mol. The van der Waals surface area contributed by atoms with E-state index in [1.165, 1.54) is 0 Å². The van der Waals surface area contributed by atoms with E-state index in [1.807, 2.05) is 25.1 Å². The van der Waals surface area contributed by atoms with Gasteiger partial charge in [-0.3, -0.25) is 0 Å². The second-order valence-corrected chi connectivity index (χ2v) is 4.09. The molecule has 2 N–H and O–H groups in total. The first-order valence-corrected chi connectivity index (χ1v) is 6.00. The summed E-state index contributed by atoms with van der Waals surface area (Å²) in [5.74, 6) is 0.812. The third kappa shape index (κ3) is 2.87. The molecule has 1 aromatic carbocycles. The zero-order valence-corrected chi connectivity index (χ0v) is 10.7. The van der Waals surface area contributed by atoms with Crippen molar-refractivity contribution in [1.82, 2.24) is 10.1 Å². The molecule has 0 bridgehead atoms. The SMILES string of the molecule is CCOCc1noc([C@H](N)c2ccccc2Cl)n1. The van der Waals surface area contributed by atoms with Gasteiger partial charge in [-0.15, -0.1) is 0 Å². The Labute approximate surface area is 110 Å². The lowest BCUT2D eigenvalue weighted by Crippen LogP contribution is -2.13. The molecule has 1 atom stereocenters. The quantitative estimate of drug-likeness (QED) is 0.900. The van der Waals surface area contributed by atoms with Gasteiger partial charge in [-0.1, -0.05) is 35.0 Å². The summed E-state index contributed by atoms with van der Waals surface area (Å²) in [6.45, 7) is 2.81. The number of rotatable bonds is 5. The van der Waals surface area contributed by atoms with Gasteiger partial charge < -0.3 is 15.0 Å². The highest BCUT2D eigenvalue weighted by Crippen LogP contribution is 2.25. The van der Waals surface area contributed by atoms with Crippen LogP contribution in [0.4, 0.5) is 0 Å². The van der Waals surface area contributed by atoms with E-state index in [-0.39, 0.29) is 0 Å². The van der Waals surface area contributed by atoms with Crippen LogP contribution in [0.5, 0.6) is 0 Å². The first kappa shape index (κ1) is 13.0. The average Bonchev–Trinajstić information content (AvgIpc) is 2.85. The summed E-state index contributed by atoms with van der Waals surface area (Å²) in [7, 11) is 0. The molecule has 0 saturated carbocycles. The highest BCUT2D eigenvalue weighted by atomic mass is 35.5. The van der Waals surface area contributed by atoms with Crippen LogP contribution in [-0.4, -0.2) is 16.7 Å². The number of nitrogens with two attached hydrogens (primary N) is 1. The van der Waals surface area contributed by atoms with Crippen molar-refractivity contribution in [2.24, 2.45) is 5.73 Å². The summed E-state index contributed by atoms with van der Waals surface area (Å²) < 4.78 is 10.3. The zero-order chi connectivity index (χ0) is 13.0. The minimum Gasteiger partial charge on any atom is -0.374 e. The molecule has 2 aromatic rings. The third-order valence-electron chi connectivity index (χ3n) is 2.43. The van der Waals surface area contributed by atoms with Gasteiger partial charge in [0.15, 0.2) is 5.82 Å². The summed E-state index contributed by atoms with van der Waals surface area (Å²) in [5.41, 5.74) is 6.79. The maximum Gasteiger partial charge on any atom is 0.248 e. The van der Waals surface area contributed by atoms with Gasteiger partial charge in [-0.2, -0.15) is 4.98 Å². The molecule has 1 heterocycles. The van der Waals surface area contributed by atoms with Crippen LogP contribution >= 0.6 is 11.6 Å². The fourth-order valence-electron chi connectivity index (χ4n) is 1.51. The molecule has 0 spiro atoms. The molecule has 18 heavy (non-hydrogen) atoms. The molecule has 1 aromatic heterocycles. The summed E-state index contributed by atoms with van der Waals surface area (Å²) in [4.78, 5) is 4.18. The number of hydrogen-bond donors (Lipinski definition) is 1. The molecule has 0 unspecified atom stereocenters. The summed E-state index contributed by atoms with van der Waals surface area (Å²) in [6, 6.07) is 6.78. The van der Waals surface area contributed by atoms with Crippen molar-refractivity contribution in [2.45, 2.75) is 19.6 Å². The molecule has 0 amide bonds. The molecule has 96 valence electrons. The van der Waals surface area contributed by atoms with E-state index < -0.39 is 6.04 Å². The van der Waals surface area contributed by atoms with Crippen LogP contribution in [0.15, 0.2) is 28.8 Å². The van der Waals surface area contributed by atoms with Crippen molar-refractivity contribution in [3.63, 3.8) is 0 Å². The molecule has 0 radical (unpaired) electrons. The van der Waals surface area contributed by atoms with E-state index in [2.05, 4.69) is 10.1 Å². The lowest BCUT2D eigenvalue weighted by atomic mass is 10.1. The Hall–Kier alpha value is -1.43. The largest absolute Gasteiger partial charge is 0.374 e. The van der Waals surface area contributed by atoms with Crippen molar-refractivity contribution in [3.8, 4) is 0 Å². The minimum absolute atomic E-state index is 0.315. The molecule has 0 aliphatic carbocycles. The summed E-state index contributed by atoms with van der Waals surface area (Å²) in [6.07, 6.45) is 0. The van der Waals surface area contributed by atoms with Crippen LogP contribution in [0.2, 0.25) is 5.02 Å². The fraction of sp³-hybridized carbons (Fsp3) is 0.333. The molecular weight excluding hydrogens is 254 g/mol. The normalized spacial score (nSPS) is 12.6. The van der Waals surface area contributed by atoms with E-state index in [0.717, 1.165) is 5.56 Å².